The minimum atomic E-state index is -1.53. The Bertz CT molecular complexity index is 307. The predicted molar refractivity (Wildman–Crippen MR) is 57.7 cm³/mol. The Hall–Kier alpha value is -1.22. The summed E-state index contributed by atoms with van der Waals surface area (Å²) in [7, 11) is 0. The number of carboxylic acid groups (broad SMARTS) is 1. The number of hydrogen-bond donors (Lipinski definition) is 5. The van der Waals surface area contributed by atoms with Crippen molar-refractivity contribution in [1.82, 2.24) is 5.32 Å². The van der Waals surface area contributed by atoms with E-state index in [1.165, 1.54) is 0 Å². The maximum absolute atomic E-state index is 11.7. The number of amides is 1. The number of carbonyl (C=O) groups excluding carboxylic acids is 1. The molecule has 1 amide bonds. The minimum absolute atomic E-state index is 0.220. The van der Waals surface area contributed by atoms with Crippen LogP contribution in [-0.4, -0.2) is 69.9 Å². The Morgan fingerprint density at radius 3 is 2.00 bits per heavy atom. The Morgan fingerprint density at radius 1 is 1.11 bits per heavy atom. The number of aliphatic carboxylic acids is 1. The second kappa shape index (κ2) is 6.10. The van der Waals surface area contributed by atoms with E-state index < -0.39 is 49.4 Å². The molecule has 1 aliphatic rings. The van der Waals surface area contributed by atoms with Gasteiger partial charge in [-0.2, -0.15) is 0 Å². The molecule has 0 saturated carbocycles. The number of hydrogen-bond acceptors (Lipinski definition) is 6. The zero-order valence-corrected chi connectivity index (χ0v) is 9.70. The highest BCUT2D eigenvalue weighted by molar-refractivity contribution is 5.83. The van der Waals surface area contributed by atoms with Crippen LogP contribution in [0.15, 0.2) is 0 Å². The van der Waals surface area contributed by atoms with Gasteiger partial charge in [-0.05, 0) is 12.8 Å². The van der Waals surface area contributed by atoms with E-state index in [2.05, 4.69) is 5.32 Å². The topological polar surface area (TPSA) is 136 Å². The molecule has 8 nitrogen and oxygen atoms in total. The van der Waals surface area contributed by atoms with Crippen molar-refractivity contribution in [1.29, 1.82) is 0 Å². The van der Waals surface area contributed by atoms with Crippen molar-refractivity contribution in [2.24, 2.45) is 0 Å². The van der Waals surface area contributed by atoms with Gasteiger partial charge < -0.3 is 30.5 Å². The van der Waals surface area contributed by atoms with Crippen molar-refractivity contribution in [2.45, 2.75) is 30.6 Å². The van der Waals surface area contributed by atoms with Gasteiger partial charge in [0.2, 0.25) is 5.91 Å². The van der Waals surface area contributed by atoms with Crippen LogP contribution in [0.1, 0.15) is 12.8 Å². The number of aliphatic hydroxyl groups excluding tert-OH is 3. The van der Waals surface area contributed by atoms with Gasteiger partial charge in [0.05, 0.1) is 19.8 Å². The fourth-order valence-electron chi connectivity index (χ4n) is 1.62. The van der Waals surface area contributed by atoms with Crippen LogP contribution in [0.4, 0.5) is 0 Å². The molecule has 0 unspecified atom stereocenters. The molecule has 1 fully saturated rings. The summed E-state index contributed by atoms with van der Waals surface area (Å²) in [6, 6.07) is 0. The van der Waals surface area contributed by atoms with Crippen molar-refractivity contribution in [3.05, 3.63) is 0 Å². The lowest BCUT2D eigenvalue weighted by atomic mass is 10.0. The first-order valence-corrected chi connectivity index (χ1v) is 5.51. The highest BCUT2D eigenvalue weighted by Crippen LogP contribution is 2.20. The van der Waals surface area contributed by atoms with Gasteiger partial charge in [-0.3, -0.25) is 4.79 Å². The minimum Gasteiger partial charge on any atom is -0.479 e. The second-order valence-corrected chi connectivity index (χ2v) is 4.27. The Kier molecular flexibility index (Phi) is 5.03. The molecule has 0 aromatic rings. The monoisotopic (exact) mass is 263 g/mol. The van der Waals surface area contributed by atoms with Gasteiger partial charge in [0.1, 0.15) is 11.6 Å². The molecule has 1 rings (SSSR count). The molecule has 0 bridgehead atoms. The van der Waals surface area contributed by atoms with Gasteiger partial charge in [-0.1, -0.05) is 0 Å². The zero-order valence-electron chi connectivity index (χ0n) is 9.70. The number of aliphatic hydroxyl groups is 3. The molecule has 1 aliphatic heterocycles. The highest BCUT2D eigenvalue weighted by atomic mass is 16.5. The van der Waals surface area contributed by atoms with Crippen LogP contribution < -0.4 is 5.32 Å². The third-order valence-electron chi connectivity index (χ3n) is 2.88. The van der Waals surface area contributed by atoms with Gasteiger partial charge in [-0.15, -0.1) is 0 Å². The van der Waals surface area contributed by atoms with Crippen LogP contribution in [0.25, 0.3) is 0 Å². The van der Waals surface area contributed by atoms with Crippen molar-refractivity contribution >= 4 is 11.9 Å². The number of rotatable bonds is 6. The summed E-state index contributed by atoms with van der Waals surface area (Å²) >= 11 is 0. The Balaban J connectivity index is 2.58. The van der Waals surface area contributed by atoms with Gasteiger partial charge in [-0.25, -0.2) is 4.79 Å². The third kappa shape index (κ3) is 3.16. The van der Waals surface area contributed by atoms with E-state index in [0.717, 1.165) is 0 Å². The predicted octanol–water partition coefficient (Wildman–Crippen LogP) is -2.55. The number of carboxylic acids is 1. The summed E-state index contributed by atoms with van der Waals surface area (Å²) in [5.41, 5.74) is -1.53. The van der Waals surface area contributed by atoms with Gasteiger partial charge in [0.15, 0.2) is 6.10 Å². The summed E-state index contributed by atoms with van der Waals surface area (Å²) in [4.78, 5) is 22.4. The number of carbonyl (C=O) groups is 2. The Morgan fingerprint density at radius 2 is 1.61 bits per heavy atom. The molecule has 0 aromatic heterocycles. The molecule has 0 radical (unpaired) electrons. The van der Waals surface area contributed by atoms with Crippen LogP contribution in [0, 0.1) is 0 Å². The maximum Gasteiger partial charge on any atom is 0.332 e. The molecule has 0 spiro atoms. The Labute approximate surface area is 103 Å². The molecule has 104 valence electrons. The lowest BCUT2D eigenvalue weighted by Gasteiger charge is -2.29. The second-order valence-electron chi connectivity index (χ2n) is 4.27. The SMILES string of the molecule is O=C(NC(CO)(CO)CO)[C@@H]1CC[C@H](C(=O)O)O1. The smallest absolute Gasteiger partial charge is 0.332 e. The molecule has 1 saturated heterocycles. The van der Waals surface area contributed by atoms with Crippen LogP contribution >= 0.6 is 0 Å². The van der Waals surface area contributed by atoms with Crippen molar-refractivity contribution < 1.29 is 34.8 Å². The van der Waals surface area contributed by atoms with Crippen molar-refractivity contribution in [2.75, 3.05) is 19.8 Å². The first-order chi connectivity index (χ1) is 8.48. The summed E-state index contributed by atoms with van der Waals surface area (Å²) in [6.07, 6.45) is -1.51. The van der Waals surface area contributed by atoms with E-state index in [4.69, 9.17) is 25.2 Å². The molecule has 8 heteroatoms. The molecule has 2 atom stereocenters. The highest BCUT2D eigenvalue weighted by Gasteiger charge is 2.38. The quantitative estimate of drug-likeness (QED) is 0.356. The molecule has 5 N–H and O–H groups in total. The molecule has 1 heterocycles. The van der Waals surface area contributed by atoms with E-state index in [1.54, 1.807) is 0 Å². The summed E-state index contributed by atoms with van der Waals surface area (Å²) in [5.74, 6) is -1.79. The van der Waals surface area contributed by atoms with E-state index >= 15 is 0 Å². The number of ether oxygens (including phenoxy) is 1. The fraction of sp³-hybridized carbons (Fsp3) is 0.800. The van der Waals surface area contributed by atoms with Gasteiger partial charge in [0, 0.05) is 0 Å². The van der Waals surface area contributed by atoms with Crippen LogP contribution in [-0.2, 0) is 14.3 Å². The first-order valence-electron chi connectivity index (χ1n) is 5.51. The van der Waals surface area contributed by atoms with Crippen LogP contribution in [0.2, 0.25) is 0 Å². The zero-order chi connectivity index (χ0) is 13.8. The lowest BCUT2D eigenvalue weighted by molar-refractivity contribution is -0.152. The van der Waals surface area contributed by atoms with E-state index in [0.29, 0.717) is 0 Å². The summed E-state index contributed by atoms with van der Waals surface area (Å²) in [6.45, 7) is -1.91. The fourth-order valence-corrected chi connectivity index (χ4v) is 1.62. The van der Waals surface area contributed by atoms with E-state index in [9.17, 15) is 9.59 Å². The summed E-state index contributed by atoms with van der Waals surface area (Å²) in [5, 5.41) is 38.1. The first kappa shape index (κ1) is 14.8. The maximum atomic E-state index is 11.7. The van der Waals surface area contributed by atoms with Crippen LogP contribution in [0.5, 0.6) is 0 Å². The average Bonchev–Trinajstić information content (AvgIpc) is 2.86. The molecular weight excluding hydrogens is 246 g/mol. The van der Waals surface area contributed by atoms with Gasteiger partial charge >= 0.3 is 5.97 Å². The standard InChI is InChI=1S/C10H17NO7/c12-3-10(4-13,5-14)11-8(15)6-1-2-7(18-6)9(16)17/h6-7,12-14H,1-5H2,(H,11,15)(H,16,17)/t6-,7+/m0/s1. The van der Waals surface area contributed by atoms with Crippen molar-refractivity contribution in [3.8, 4) is 0 Å². The molecule has 0 aliphatic carbocycles. The summed E-state index contributed by atoms with van der Waals surface area (Å²) < 4.78 is 5.01. The molecular formula is C10H17NO7. The number of nitrogens with one attached hydrogen (secondary N) is 1. The lowest BCUT2D eigenvalue weighted by Crippen LogP contribution is -2.59. The molecule has 0 aromatic carbocycles. The normalized spacial score (nSPS) is 23.9. The van der Waals surface area contributed by atoms with E-state index in [-0.39, 0.29) is 12.8 Å². The van der Waals surface area contributed by atoms with Crippen LogP contribution in [0.3, 0.4) is 0 Å². The average molecular weight is 263 g/mol. The third-order valence-corrected chi connectivity index (χ3v) is 2.88. The van der Waals surface area contributed by atoms with E-state index in [1.807, 2.05) is 0 Å². The largest absolute Gasteiger partial charge is 0.479 e. The van der Waals surface area contributed by atoms with Crippen molar-refractivity contribution in [3.63, 3.8) is 0 Å². The molecule has 18 heavy (non-hydrogen) atoms. The van der Waals surface area contributed by atoms with Gasteiger partial charge in [0.25, 0.3) is 0 Å².